The molecule has 4 nitrogen and oxygen atoms in total. The van der Waals surface area contributed by atoms with Crippen molar-refractivity contribution in [2.75, 3.05) is 13.1 Å². The Morgan fingerprint density at radius 2 is 2.13 bits per heavy atom. The second-order valence-corrected chi connectivity index (χ2v) is 6.72. The number of piperidine rings is 1. The van der Waals surface area contributed by atoms with Crippen LogP contribution in [0.3, 0.4) is 0 Å². The van der Waals surface area contributed by atoms with E-state index in [2.05, 4.69) is 36.3 Å². The Kier molecular flexibility index (Phi) is 4.51. The number of carbonyl (C=O) groups is 1. The molecule has 4 heteroatoms. The molecule has 1 aliphatic rings. The number of nitrogens with zero attached hydrogens (tertiary/aromatic N) is 2. The van der Waals surface area contributed by atoms with Crippen LogP contribution in [0.1, 0.15) is 65.9 Å². The minimum absolute atomic E-state index is 0.0392. The summed E-state index contributed by atoms with van der Waals surface area (Å²) in [6.45, 7) is 7.77. The first-order valence-corrected chi connectivity index (χ1v) is 8.37. The molecule has 0 saturated carbocycles. The Bertz CT molecular complexity index is 690. The van der Waals surface area contributed by atoms with Gasteiger partial charge in [-0.25, -0.2) is 0 Å². The predicted octanol–water partition coefficient (Wildman–Crippen LogP) is 4.13. The first kappa shape index (κ1) is 15.8. The molecular weight excluding hydrogens is 288 g/mol. The molecule has 0 spiro atoms. The van der Waals surface area contributed by atoms with Crippen molar-refractivity contribution in [1.29, 1.82) is 0 Å². The van der Waals surface area contributed by atoms with Crippen molar-refractivity contribution in [3.8, 4) is 0 Å². The quantitative estimate of drug-likeness (QED) is 0.856. The molecule has 1 aromatic heterocycles. The Labute approximate surface area is 137 Å². The van der Waals surface area contributed by atoms with Crippen molar-refractivity contribution in [3.05, 3.63) is 52.9 Å². The van der Waals surface area contributed by atoms with Crippen molar-refractivity contribution < 1.29 is 9.32 Å². The molecule has 0 N–H and O–H groups in total. The third-order valence-corrected chi connectivity index (χ3v) is 4.67. The van der Waals surface area contributed by atoms with Crippen molar-refractivity contribution in [3.63, 3.8) is 0 Å². The average Bonchev–Trinajstić information content (AvgIpc) is 3.05. The molecule has 0 radical (unpaired) electrons. The number of carbonyl (C=O) groups excluding carboxylic acids is 1. The molecule has 2 aromatic rings. The molecular formula is C19H24N2O2. The Morgan fingerprint density at radius 1 is 1.35 bits per heavy atom. The van der Waals surface area contributed by atoms with Crippen LogP contribution in [0, 0.1) is 6.92 Å². The lowest BCUT2D eigenvalue weighted by Crippen LogP contribution is -2.39. The monoisotopic (exact) mass is 312 g/mol. The zero-order valence-electron chi connectivity index (χ0n) is 14.1. The van der Waals surface area contributed by atoms with E-state index in [0.29, 0.717) is 11.7 Å². The number of aromatic nitrogens is 1. The van der Waals surface area contributed by atoms with E-state index in [-0.39, 0.29) is 11.8 Å². The number of likely N-dealkylation sites (tertiary alicyclic amines) is 1. The molecule has 1 fully saturated rings. The lowest BCUT2D eigenvalue weighted by molar-refractivity contribution is 0.0664. The first-order valence-electron chi connectivity index (χ1n) is 8.37. The Hall–Kier alpha value is -2.10. The van der Waals surface area contributed by atoms with Gasteiger partial charge in [-0.1, -0.05) is 43.3 Å². The maximum Gasteiger partial charge on any atom is 0.292 e. The number of hydrogen-bond donors (Lipinski definition) is 0. The number of benzene rings is 1. The van der Waals surface area contributed by atoms with Gasteiger partial charge >= 0.3 is 0 Å². The molecule has 3 rings (SSSR count). The van der Waals surface area contributed by atoms with Crippen LogP contribution in [0.4, 0.5) is 0 Å². The Morgan fingerprint density at radius 3 is 2.83 bits per heavy atom. The van der Waals surface area contributed by atoms with E-state index in [0.717, 1.165) is 31.6 Å². The van der Waals surface area contributed by atoms with Gasteiger partial charge in [0.25, 0.3) is 5.91 Å². The van der Waals surface area contributed by atoms with Crippen LogP contribution in [0.5, 0.6) is 0 Å². The van der Waals surface area contributed by atoms with Crippen molar-refractivity contribution in [2.24, 2.45) is 0 Å². The smallest absolute Gasteiger partial charge is 0.292 e. The molecule has 1 amide bonds. The highest BCUT2D eigenvalue weighted by Gasteiger charge is 2.28. The minimum atomic E-state index is -0.0392. The van der Waals surface area contributed by atoms with Gasteiger partial charge in [-0.05, 0) is 36.8 Å². The highest BCUT2D eigenvalue weighted by atomic mass is 16.5. The van der Waals surface area contributed by atoms with Gasteiger partial charge in [0.2, 0.25) is 5.76 Å². The van der Waals surface area contributed by atoms with Crippen LogP contribution in [0.15, 0.2) is 34.9 Å². The zero-order chi connectivity index (χ0) is 16.4. The van der Waals surface area contributed by atoms with Gasteiger partial charge < -0.3 is 9.42 Å². The number of aryl methyl sites for hydroxylation is 1. The van der Waals surface area contributed by atoms with Gasteiger partial charge in [-0.3, -0.25) is 4.79 Å². The molecule has 1 saturated heterocycles. The standard InChI is InChI=1S/C19H24N2O2/c1-13(2)17-11-18(23-20-17)19(22)21-10-6-8-15(12-21)16-9-5-4-7-14(16)3/h4-5,7,9,11,13,15H,6,8,10,12H2,1-3H3. The first-order chi connectivity index (χ1) is 11.1. The predicted molar refractivity (Wildman–Crippen MR) is 89.6 cm³/mol. The van der Waals surface area contributed by atoms with Gasteiger partial charge in [0.15, 0.2) is 0 Å². The van der Waals surface area contributed by atoms with E-state index < -0.39 is 0 Å². The largest absolute Gasteiger partial charge is 0.351 e. The highest BCUT2D eigenvalue weighted by molar-refractivity contribution is 5.91. The number of amides is 1. The fraction of sp³-hybridized carbons (Fsp3) is 0.474. The summed E-state index contributed by atoms with van der Waals surface area (Å²) in [5, 5.41) is 4.00. The van der Waals surface area contributed by atoms with E-state index in [4.69, 9.17) is 4.52 Å². The highest BCUT2D eigenvalue weighted by Crippen LogP contribution is 2.30. The van der Waals surface area contributed by atoms with E-state index in [1.165, 1.54) is 11.1 Å². The minimum Gasteiger partial charge on any atom is -0.351 e. The molecule has 1 unspecified atom stereocenters. The average molecular weight is 312 g/mol. The summed E-state index contributed by atoms with van der Waals surface area (Å²) in [7, 11) is 0. The van der Waals surface area contributed by atoms with Crippen LogP contribution in [-0.4, -0.2) is 29.1 Å². The second kappa shape index (κ2) is 6.57. The summed E-state index contributed by atoms with van der Waals surface area (Å²) >= 11 is 0. The van der Waals surface area contributed by atoms with Gasteiger partial charge in [-0.15, -0.1) is 0 Å². The summed E-state index contributed by atoms with van der Waals surface area (Å²) in [6, 6.07) is 10.2. The van der Waals surface area contributed by atoms with Crippen molar-refractivity contribution in [2.45, 2.75) is 45.4 Å². The molecule has 122 valence electrons. The lowest BCUT2D eigenvalue weighted by atomic mass is 9.88. The van der Waals surface area contributed by atoms with E-state index >= 15 is 0 Å². The van der Waals surface area contributed by atoms with Gasteiger partial charge in [0.1, 0.15) is 0 Å². The molecule has 1 aliphatic heterocycles. The van der Waals surface area contributed by atoms with E-state index in [9.17, 15) is 4.79 Å². The number of hydrogen-bond acceptors (Lipinski definition) is 3. The van der Waals surface area contributed by atoms with Crippen LogP contribution in [0.25, 0.3) is 0 Å². The van der Waals surface area contributed by atoms with Crippen LogP contribution in [0.2, 0.25) is 0 Å². The molecule has 1 atom stereocenters. The summed E-state index contributed by atoms with van der Waals surface area (Å²) in [6.07, 6.45) is 2.15. The maximum absolute atomic E-state index is 12.7. The van der Waals surface area contributed by atoms with Crippen LogP contribution >= 0.6 is 0 Å². The van der Waals surface area contributed by atoms with E-state index in [1.807, 2.05) is 18.7 Å². The van der Waals surface area contributed by atoms with Crippen molar-refractivity contribution >= 4 is 5.91 Å². The molecule has 1 aromatic carbocycles. The summed E-state index contributed by atoms with van der Waals surface area (Å²) in [4.78, 5) is 14.6. The lowest BCUT2D eigenvalue weighted by Gasteiger charge is -2.33. The fourth-order valence-electron chi connectivity index (χ4n) is 3.28. The SMILES string of the molecule is Cc1ccccc1C1CCCN(C(=O)c2cc(C(C)C)no2)C1. The van der Waals surface area contributed by atoms with Gasteiger partial charge in [0, 0.05) is 25.1 Å². The van der Waals surface area contributed by atoms with Gasteiger partial charge in [0.05, 0.1) is 5.69 Å². The van der Waals surface area contributed by atoms with Gasteiger partial charge in [-0.2, -0.15) is 0 Å². The number of rotatable bonds is 3. The molecule has 0 bridgehead atoms. The van der Waals surface area contributed by atoms with Crippen molar-refractivity contribution in [1.82, 2.24) is 10.1 Å². The molecule has 2 heterocycles. The van der Waals surface area contributed by atoms with Crippen LogP contribution in [-0.2, 0) is 0 Å². The maximum atomic E-state index is 12.7. The molecule has 0 aliphatic carbocycles. The zero-order valence-corrected chi connectivity index (χ0v) is 14.1. The summed E-state index contributed by atoms with van der Waals surface area (Å²) in [5.74, 6) is 0.990. The summed E-state index contributed by atoms with van der Waals surface area (Å²) < 4.78 is 5.26. The third kappa shape index (κ3) is 3.31. The topological polar surface area (TPSA) is 46.3 Å². The normalized spacial score (nSPS) is 18.4. The molecule has 23 heavy (non-hydrogen) atoms. The Balaban J connectivity index is 1.75. The fourth-order valence-corrected chi connectivity index (χ4v) is 3.28. The van der Waals surface area contributed by atoms with Crippen LogP contribution < -0.4 is 0 Å². The summed E-state index contributed by atoms with van der Waals surface area (Å²) in [5.41, 5.74) is 3.49. The third-order valence-electron chi connectivity index (χ3n) is 4.67. The second-order valence-electron chi connectivity index (χ2n) is 6.72. The van der Waals surface area contributed by atoms with E-state index in [1.54, 1.807) is 6.07 Å².